The maximum absolute atomic E-state index is 14.3. The summed E-state index contributed by atoms with van der Waals surface area (Å²) in [6, 6.07) is 8.90. The maximum atomic E-state index is 14.3. The third-order valence-electron chi connectivity index (χ3n) is 6.85. The van der Waals surface area contributed by atoms with E-state index in [2.05, 4.69) is 29.4 Å². The minimum absolute atomic E-state index is 0.0272. The predicted octanol–water partition coefficient (Wildman–Crippen LogP) is 6.09. The van der Waals surface area contributed by atoms with Crippen LogP contribution in [0.3, 0.4) is 0 Å². The highest BCUT2D eigenvalue weighted by Crippen LogP contribution is 2.36. The molecule has 1 saturated carbocycles. The van der Waals surface area contributed by atoms with Gasteiger partial charge in [0.25, 0.3) is 0 Å². The summed E-state index contributed by atoms with van der Waals surface area (Å²) in [6.45, 7) is 4.63. The minimum atomic E-state index is -1.03. The van der Waals surface area contributed by atoms with Gasteiger partial charge in [0.05, 0.1) is 36.2 Å². The van der Waals surface area contributed by atoms with E-state index in [1.807, 2.05) is 6.07 Å². The number of rotatable bonds is 11. The van der Waals surface area contributed by atoms with E-state index in [1.54, 1.807) is 19.2 Å². The lowest BCUT2D eigenvalue weighted by atomic mass is 9.90. The normalized spacial score (nSPS) is 18.2. The smallest absolute Gasteiger partial charge is 0.323 e. The van der Waals surface area contributed by atoms with Gasteiger partial charge < -0.3 is 30.5 Å². The van der Waals surface area contributed by atoms with Crippen molar-refractivity contribution >= 4 is 40.7 Å². The molecule has 0 spiro atoms. The van der Waals surface area contributed by atoms with Gasteiger partial charge in [0.2, 0.25) is 0 Å². The first-order valence-electron chi connectivity index (χ1n) is 12.9. The number of nitrogens with one attached hydrogen (secondary N) is 2. The molecule has 0 aliphatic heterocycles. The Morgan fingerprint density at radius 2 is 1.79 bits per heavy atom. The van der Waals surface area contributed by atoms with Crippen LogP contribution in [0.4, 0.5) is 26.2 Å². The molecule has 0 bridgehead atoms. The first kappa shape index (κ1) is 29.7. The van der Waals surface area contributed by atoms with Gasteiger partial charge in [-0.1, -0.05) is 31.5 Å². The molecule has 3 rings (SSSR count). The molecule has 8 nitrogen and oxygen atoms in total. The molecule has 1 atom stereocenters. The van der Waals surface area contributed by atoms with E-state index in [1.165, 1.54) is 12.1 Å². The van der Waals surface area contributed by atoms with E-state index in [-0.39, 0.29) is 35.9 Å². The van der Waals surface area contributed by atoms with Crippen molar-refractivity contribution in [2.45, 2.75) is 64.0 Å². The molecule has 0 aromatic heterocycles. The fraction of sp³-hybridized carbons (Fsp3) is 0.500. The van der Waals surface area contributed by atoms with Crippen molar-refractivity contribution in [2.75, 3.05) is 35.8 Å². The van der Waals surface area contributed by atoms with Crippen LogP contribution in [0, 0.1) is 11.7 Å². The van der Waals surface area contributed by atoms with Gasteiger partial charge >= 0.3 is 12.0 Å². The summed E-state index contributed by atoms with van der Waals surface area (Å²) in [7, 11) is 1.73. The molecule has 2 amide bonds. The number of benzene rings is 2. The lowest BCUT2D eigenvalue weighted by Crippen LogP contribution is -2.42. The Labute approximate surface area is 228 Å². The Morgan fingerprint density at radius 1 is 1.11 bits per heavy atom. The van der Waals surface area contributed by atoms with Crippen LogP contribution in [0.1, 0.15) is 57.4 Å². The molecule has 38 heavy (non-hydrogen) atoms. The number of carbonyl (C=O) groups is 2. The first-order chi connectivity index (χ1) is 18.1. The summed E-state index contributed by atoms with van der Waals surface area (Å²) in [5.74, 6) is -2.01. The second kappa shape index (κ2) is 13.8. The summed E-state index contributed by atoms with van der Waals surface area (Å²) in [5, 5.41) is 24.7. The number of anilines is 3. The molecule has 1 aliphatic carbocycles. The summed E-state index contributed by atoms with van der Waals surface area (Å²) in [4.78, 5) is 26.6. The fourth-order valence-electron chi connectivity index (χ4n) is 4.95. The topological polar surface area (TPSA) is 111 Å². The van der Waals surface area contributed by atoms with E-state index >= 15 is 0 Å². The van der Waals surface area contributed by atoms with E-state index in [4.69, 9.17) is 16.3 Å². The Balaban J connectivity index is 1.97. The quantitative estimate of drug-likeness (QED) is 0.270. The van der Waals surface area contributed by atoms with Crippen LogP contribution in [0.2, 0.25) is 5.02 Å². The van der Waals surface area contributed by atoms with Crippen LogP contribution in [0.15, 0.2) is 36.4 Å². The number of urea groups is 1. The number of aliphatic carboxylic acids is 1. The number of carboxylic acid groups (broad SMARTS) is 1. The molecule has 10 heteroatoms. The van der Waals surface area contributed by atoms with Gasteiger partial charge in [-0.25, -0.2) is 9.18 Å². The molecule has 0 radical (unpaired) electrons. The fourth-order valence-corrected chi connectivity index (χ4v) is 5.11. The highest BCUT2D eigenvalue weighted by Gasteiger charge is 2.29. The Kier molecular flexibility index (Phi) is 10.8. The second-order valence-electron chi connectivity index (χ2n) is 10.2. The molecule has 1 aliphatic rings. The number of carbonyl (C=O) groups excluding carboxylic acids is 1. The summed E-state index contributed by atoms with van der Waals surface area (Å²) in [5.41, 5.74) is 1.79. The summed E-state index contributed by atoms with van der Waals surface area (Å²) < 4.78 is 19.9. The van der Waals surface area contributed by atoms with Gasteiger partial charge in [-0.3, -0.25) is 4.79 Å². The predicted molar refractivity (Wildman–Crippen MR) is 148 cm³/mol. The van der Waals surface area contributed by atoms with Crippen molar-refractivity contribution in [3.63, 3.8) is 0 Å². The zero-order valence-electron chi connectivity index (χ0n) is 22.0. The second-order valence-corrected chi connectivity index (χ2v) is 10.6. The molecule has 1 fully saturated rings. The van der Waals surface area contributed by atoms with Gasteiger partial charge in [-0.05, 0) is 67.5 Å². The Morgan fingerprint density at radius 3 is 2.37 bits per heavy atom. The molecule has 0 saturated heterocycles. The molecular weight excluding hydrogens is 513 g/mol. The third kappa shape index (κ3) is 8.06. The van der Waals surface area contributed by atoms with Crippen molar-refractivity contribution < 1.29 is 28.9 Å². The number of halogens is 2. The van der Waals surface area contributed by atoms with Crippen LogP contribution >= 0.6 is 11.6 Å². The van der Waals surface area contributed by atoms with E-state index in [0.717, 1.165) is 44.0 Å². The standard InChI is InChI=1S/C28H37ClFN3O5/c1-17(2)15-33(21-6-8-22(38-3)9-7-21)26-11-4-18(19(16-34)13-27(35)36)12-25(26)32-28(37)31-24-10-5-20(29)14-23(24)30/h4-5,10-12,14,17,19,21-22,34H,6-9,13,15-16H2,1-3H3,(H,35,36)(H2,31,32,37). The average molecular weight is 550 g/mol. The van der Waals surface area contributed by atoms with Crippen molar-refractivity contribution in [3.05, 3.63) is 52.8 Å². The number of aliphatic hydroxyl groups is 1. The van der Waals surface area contributed by atoms with Gasteiger partial charge in [0.15, 0.2) is 0 Å². The van der Waals surface area contributed by atoms with Crippen LogP contribution in [0.5, 0.6) is 0 Å². The zero-order valence-corrected chi connectivity index (χ0v) is 22.8. The molecule has 4 N–H and O–H groups in total. The van der Waals surface area contributed by atoms with Crippen LogP contribution in [-0.2, 0) is 9.53 Å². The van der Waals surface area contributed by atoms with Crippen LogP contribution in [0.25, 0.3) is 0 Å². The average Bonchev–Trinajstić information content (AvgIpc) is 2.87. The van der Waals surface area contributed by atoms with Crippen molar-refractivity contribution in [1.29, 1.82) is 0 Å². The molecule has 2 aromatic carbocycles. The molecule has 1 unspecified atom stereocenters. The van der Waals surface area contributed by atoms with E-state index in [0.29, 0.717) is 17.2 Å². The number of hydrogen-bond acceptors (Lipinski definition) is 5. The molecule has 2 aromatic rings. The zero-order chi connectivity index (χ0) is 27.8. The number of ether oxygens (including phenoxy) is 1. The number of aliphatic hydroxyl groups excluding tert-OH is 1. The van der Waals surface area contributed by atoms with E-state index in [9.17, 15) is 24.2 Å². The lowest BCUT2D eigenvalue weighted by molar-refractivity contribution is -0.137. The Bertz CT molecular complexity index is 1110. The number of carboxylic acids is 1. The number of hydrogen-bond donors (Lipinski definition) is 4. The largest absolute Gasteiger partial charge is 0.481 e. The molecular formula is C28H37ClFN3O5. The summed E-state index contributed by atoms with van der Waals surface area (Å²) in [6.07, 6.45) is 3.68. The first-order valence-corrected chi connectivity index (χ1v) is 13.3. The van der Waals surface area contributed by atoms with Crippen molar-refractivity contribution in [3.8, 4) is 0 Å². The molecule has 208 valence electrons. The van der Waals surface area contributed by atoms with Gasteiger partial charge in [-0.15, -0.1) is 0 Å². The monoisotopic (exact) mass is 549 g/mol. The van der Waals surface area contributed by atoms with Gasteiger partial charge in [0.1, 0.15) is 5.82 Å². The number of methoxy groups -OCH3 is 1. The Hall–Kier alpha value is -2.88. The van der Waals surface area contributed by atoms with Crippen LogP contribution in [-0.4, -0.2) is 54.6 Å². The van der Waals surface area contributed by atoms with Gasteiger partial charge in [0, 0.05) is 30.6 Å². The SMILES string of the molecule is COC1CCC(N(CC(C)C)c2ccc(C(CO)CC(=O)O)cc2NC(=O)Nc2ccc(Cl)cc2F)CC1. The highest BCUT2D eigenvalue weighted by molar-refractivity contribution is 6.30. The number of nitrogens with zero attached hydrogens (tertiary/aromatic N) is 1. The highest BCUT2D eigenvalue weighted by atomic mass is 35.5. The lowest BCUT2D eigenvalue weighted by Gasteiger charge is -2.40. The van der Waals surface area contributed by atoms with Crippen molar-refractivity contribution in [1.82, 2.24) is 0 Å². The minimum Gasteiger partial charge on any atom is -0.481 e. The molecule has 0 heterocycles. The summed E-state index contributed by atoms with van der Waals surface area (Å²) >= 11 is 5.83. The van der Waals surface area contributed by atoms with Crippen LogP contribution < -0.4 is 15.5 Å². The maximum Gasteiger partial charge on any atom is 0.323 e. The van der Waals surface area contributed by atoms with Gasteiger partial charge in [-0.2, -0.15) is 0 Å². The van der Waals surface area contributed by atoms with Crippen molar-refractivity contribution in [2.24, 2.45) is 5.92 Å². The third-order valence-corrected chi connectivity index (χ3v) is 7.09. The van der Waals surface area contributed by atoms with E-state index < -0.39 is 23.7 Å². The number of amides is 2.